The van der Waals surface area contributed by atoms with Crippen molar-refractivity contribution in [1.29, 1.82) is 0 Å². The molecular weight excluding hydrogens is 401 g/mol. The average Bonchev–Trinajstić information content (AvgIpc) is 2.89. The van der Waals surface area contributed by atoms with Gasteiger partial charge in [0.05, 0.1) is 12.6 Å². The molecule has 5 heteroatoms. The Labute approximate surface area is 157 Å². The van der Waals surface area contributed by atoms with Gasteiger partial charge in [-0.3, -0.25) is 0 Å². The second kappa shape index (κ2) is 10.1. The van der Waals surface area contributed by atoms with Gasteiger partial charge in [-0.05, 0) is 44.7 Å². The Morgan fingerprint density at radius 3 is 2.65 bits per heavy atom. The lowest BCUT2D eigenvalue weighted by molar-refractivity contribution is 0.134. The maximum Gasteiger partial charge on any atom is 0.191 e. The number of guanidine groups is 1. The Kier molecular flexibility index (Phi) is 8.91. The highest BCUT2D eigenvalue weighted by atomic mass is 127. The number of nitrogens with one attached hydrogen (secondary N) is 2. The number of rotatable bonds is 5. The maximum absolute atomic E-state index is 9.90. The van der Waals surface area contributed by atoms with Crippen LogP contribution in [0.3, 0.4) is 0 Å². The van der Waals surface area contributed by atoms with Crippen LogP contribution in [0, 0.1) is 19.8 Å². The molecule has 0 amide bonds. The first-order chi connectivity index (χ1) is 10.6. The lowest BCUT2D eigenvalue weighted by Crippen LogP contribution is -2.41. The highest BCUT2D eigenvalue weighted by Crippen LogP contribution is 2.24. The number of hydrogen-bond donors (Lipinski definition) is 3. The van der Waals surface area contributed by atoms with Gasteiger partial charge in [0.2, 0.25) is 0 Å². The summed E-state index contributed by atoms with van der Waals surface area (Å²) in [7, 11) is 0. The third kappa shape index (κ3) is 6.30. The van der Waals surface area contributed by atoms with E-state index in [2.05, 4.69) is 54.6 Å². The fourth-order valence-corrected chi connectivity index (χ4v) is 3.01. The summed E-state index contributed by atoms with van der Waals surface area (Å²) in [5.74, 6) is 1.19. The number of aryl methyl sites for hydroxylation is 2. The molecule has 0 saturated heterocycles. The van der Waals surface area contributed by atoms with Gasteiger partial charge in [0, 0.05) is 19.0 Å². The van der Waals surface area contributed by atoms with E-state index in [1.807, 2.05) is 0 Å². The number of aliphatic imine (C=N–C) groups is 1. The predicted octanol–water partition coefficient (Wildman–Crippen LogP) is 3.14. The lowest BCUT2D eigenvalue weighted by atomic mass is 10.1. The van der Waals surface area contributed by atoms with Gasteiger partial charge in [0.15, 0.2) is 5.96 Å². The number of aliphatic hydroxyl groups excluding tert-OH is 1. The SMILES string of the molecule is CCNC(=NCc1ccc(C)cc1C)NCC1CCCC1O.I. The Morgan fingerprint density at radius 1 is 1.26 bits per heavy atom. The van der Waals surface area contributed by atoms with E-state index in [-0.39, 0.29) is 30.1 Å². The normalized spacial score (nSPS) is 21.0. The molecule has 0 radical (unpaired) electrons. The van der Waals surface area contributed by atoms with E-state index in [0.29, 0.717) is 12.5 Å². The minimum Gasteiger partial charge on any atom is -0.393 e. The van der Waals surface area contributed by atoms with Crippen LogP contribution in [-0.2, 0) is 6.54 Å². The van der Waals surface area contributed by atoms with Crippen molar-refractivity contribution in [3.8, 4) is 0 Å². The van der Waals surface area contributed by atoms with E-state index in [4.69, 9.17) is 0 Å². The predicted molar refractivity (Wildman–Crippen MR) is 107 cm³/mol. The average molecular weight is 431 g/mol. The molecule has 0 heterocycles. The summed E-state index contributed by atoms with van der Waals surface area (Å²) in [4.78, 5) is 4.67. The number of nitrogens with zero attached hydrogens (tertiary/aromatic N) is 1. The summed E-state index contributed by atoms with van der Waals surface area (Å²) in [6.07, 6.45) is 3.01. The maximum atomic E-state index is 9.90. The smallest absolute Gasteiger partial charge is 0.191 e. The van der Waals surface area contributed by atoms with Crippen LogP contribution in [0.4, 0.5) is 0 Å². The first kappa shape index (κ1) is 20.2. The minimum atomic E-state index is -0.158. The quantitative estimate of drug-likeness (QED) is 0.382. The minimum absolute atomic E-state index is 0. The summed E-state index contributed by atoms with van der Waals surface area (Å²) in [5, 5.41) is 16.6. The van der Waals surface area contributed by atoms with E-state index in [9.17, 15) is 5.11 Å². The van der Waals surface area contributed by atoms with Crippen molar-refractivity contribution in [1.82, 2.24) is 10.6 Å². The molecule has 0 spiro atoms. The highest BCUT2D eigenvalue weighted by molar-refractivity contribution is 14.0. The molecule has 1 aromatic rings. The van der Waals surface area contributed by atoms with Crippen LogP contribution in [0.5, 0.6) is 0 Å². The molecule has 1 aliphatic rings. The zero-order chi connectivity index (χ0) is 15.9. The van der Waals surface area contributed by atoms with Crippen LogP contribution in [0.15, 0.2) is 23.2 Å². The fraction of sp³-hybridized carbons (Fsp3) is 0.611. The van der Waals surface area contributed by atoms with Crippen molar-refractivity contribution >= 4 is 29.9 Å². The molecule has 2 atom stereocenters. The molecule has 0 aromatic heterocycles. The zero-order valence-corrected chi connectivity index (χ0v) is 16.8. The number of halogens is 1. The number of aliphatic hydroxyl groups is 1. The molecule has 130 valence electrons. The van der Waals surface area contributed by atoms with Crippen LogP contribution < -0.4 is 10.6 Å². The van der Waals surface area contributed by atoms with Crippen molar-refractivity contribution in [2.75, 3.05) is 13.1 Å². The van der Waals surface area contributed by atoms with Gasteiger partial charge in [-0.15, -0.1) is 24.0 Å². The third-order valence-electron chi connectivity index (χ3n) is 4.40. The summed E-state index contributed by atoms with van der Waals surface area (Å²) in [6.45, 7) is 8.62. The van der Waals surface area contributed by atoms with Gasteiger partial charge in [0.1, 0.15) is 0 Å². The molecule has 0 aliphatic heterocycles. The second-order valence-corrected chi connectivity index (χ2v) is 6.26. The molecule has 2 rings (SSSR count). The molecule has 3 N–H and O–H groups in total. The standard InChI is InChI=1S/C18H29N3O.HI/c1-4-19-18(21-12-16-6-5-7-17(16)22)20-11-15-9-8-13(2)10-14(15)3;/h8-10,16-17,22H,4-7,11-12H2,1-3H3,(H2,19,20,21);1H. The Balaban J connectivity index is 0.00000264. The highest BCUT2D eigenvalue weighted by Gasteiger charge is 2.24. The van der Waals surface area contributed by atoms with Crippen LogP contribution in [-0.4, -0.2) is 30.3 Å². The topological polar surface area (TPSA) is 56.7 Å². The van der Waals surface area contributed by atoms with E-state index in [0.717, 1.165) is 38.3 Å². The van der Waals surface area contributed by atoms with Crippen molar-refractivity contribution in [3.05, 3.63) is 34.9 Å². The van der Waals surface area contributed by atoms with Gasteiger partial charge in [0.25, 0.3) is 0 Å². The fourth-order valence-electron chi connectivity index (χ4n) is 3.01. The van der Waals surface area contributed by atoms with E-state index in [1.54, 1.807) is 0 Å². The van der Waals surface area contributed by atoms with Crippen LogP contribution in [0.2, 0.25) is 0 Å². The molecule has 2 unspecified atom stereocenters. The summed E-state index contributed by atoms with van der Waals surface area (Å²) >= 11 is 0. The van der Waals surface area contributed by atoms with Gasteiger partial charge < -0.3 is 15.7 Å². The zero-order valence-electron chi connectivity index (χ0n) is 14.4. The second-order valence-electron chi connectivity index (χ2n) is 6.26. The van der Waals surface area contributed by atoms with Crippen LogP contribution in [0.25, 0.3) is 0 Å². The molecule has 0 bridgehead atoms. The molecular formula is C18H30IN3O. The molecule has 4 nitrogen and oxygen atoms in total. The monoisotopic (exact) mass is 431 g/mol. The van der Waals surface area contributed by atoms with Crippen LogP contribution >= 0.6 is 24.0 Å². The lowest BCUT2D eigenvalue weighted by Gasteiger charge is -2.18. The van der Waals surface area contributed by atoms with Crippen molar-refractivity contribution in [2.24, 2.45) is 10.9 Å². The van der Waals surface area contributed by atoms with Gasteiger partial charge in [-0.2, -0.15) is 0 Å². The molecule has 1 saturated carbocycles. The molecule has 23 heavy (non-hydrogen) atoms. The number of benzene rings is 1. The summed E-state index contributed by atoms with van der Waals surface area (Å²) in [5.41, 5.74) is 3.82. The van der Waals surface area contributed by atoms with E-state index < -0.39 is 0 Å². The van der Waals surface area contributed by atoms with E-state index in [1.165, 1.54) is 16.7 Å². The van der Waals surface area contributed by atoms with Crippen molar-refractivity contribution in [3.63, 3.8) is 0 Å². The van der Waals surface area contributed by atoms with E-state index >= 15 is 0 Å². The Hall–Kier alpha value is -0.820. The van der Waals surface area contributed by atoms with Gasteiger partial charge in [-0.1, -0.05) is 30.2 Å². The summed E-state index contributed by atoms with van der Waals surface area (Å²) in [6, 6.07) is 6.48. The van der Waals surface area contributed by atoms with Gasteiger partial charge >= 0.3 is 0 Å². The molecule has 1 aliphatic carbocycles. The van der Waals surface area contributed by atoms with Gasteiger partial charge in [-0.25, -0.2) is 4.99 Å². The Bertz CT molecular complexity index is 519. The number of hydrogen-bond acceptors (Lipinski definition) is 2. The van der Waals surface area contributed by atoms with Crippen molar-refractivity contribution in [2.45, 2.75) is 52.7 Å². The van der Waals surface area contributed by atoms with Crippen LogP contribution in [0.1, 0.15) is 42.9 Å². The summed E-state index contributed by atoms with van der Waals surface area (Å²) < 4.78 is 0. The third-order valence-corrected chi connectivity index (χ3v) is 4.40. The first-order valence-electron chi connectivity index (χ1n) is 8.36. The largest absolute Gasteiger partial charge is 0.393 e. The molecule has 1 fully saturated rings. The first-order valence-corrected chi connectivity index (χ1v) is 8.36. The van der Waals surface area contributed by atoms with Crippen molar-refractivity contribution < 1.29 is 5.11 Å². The molecule has 1 aromatic carbocycles. The Morgan fingerprint density at radius 2 is 2.04 bits per heavy atom.